The monoisotopic (exact) mass is 548 g/mol. The van der Waals surface area contributed by atoms with Gasteiger partial charge in [-0.1, -0.05) is 19.2 Å². The number of nitrogens with zero attached hydrogens (tertiary/aromatic N) is 4. The Balaban J connectivity index is 0.000000332. The van der Waals surface area contributed by atoms with Gasteiger partial charge in [0.25, 0.3) is 5.91 Å². The molecule has 39 heavy (non-hydrogen) atoms. The molecule has 3 aliphatic heterocycles. The summed E-state index contributed by atoms with van der Waals surface area (Å²) in [5, 5.41) is 0. The van der Waals surface area contributed by atoms with Crippen LogP contribution in [-0.2, 0) is 11.4 Å². The zero-order valence-electron chi connectivity index (χ0n) is 22.7. The molecule has 0 N–H and O–H groups in total. The quantitative estimate of drug-likeness (QED) is 0.301. The molecule has 1 aromatic heterocycles. The molecule has 1 atom stereocenters. The second-order valence-corrected chi connectivity index (χ2v) is 10.9. The smallest absolute Gasteiger partial charge is 0.255 e. The second kappa shape index (κ2) is 11.9. The van der Waals surface area contributed by atoms with Crippen LogP contribution in [0, 0.1) is 5.92 Å². The number of amides is 1. The van der Waals surface area contributed by atoms with Crippen LogP contribution >= 0.6 is 11.6 Å². The molecule has 8 heteroatoms. The minimum atomic E-state index is -0.282. The molecular weight excluding hydrogens is 512 g/mol. The third kappa shape index (κ3) is 5.89. The van der Waals surface area contributed by atoms with Gasteiger partial charge in [-0.3, -0.25) is 19.7 Å². The Morgan fingerprint density at radius 3 is 2.54 bits per heavy atom. The van der Waals surface area contributed by atoms with Gasteiger partial charge in [0.2, 0.25) is 6.29 Å². The fraction of sp³-hybridized carbons (Fsp3) is 0.452. The number of hydrogen-bond donors (Lipinski definition) is 0. The molecule has 1 unspecified atom stereocenters. The molecule has 0 bridgehead atoms. The number of fused-ring (bicyclic) bond motifs is 3. The summed E-state index contributed by atoms with van der Waals surface area (Å²) >= 11 is 5.46. The molecule has 206 valence electrons. The zero-order valence-corrected chi connectivity index (χ0v) is 23.4. The fourth-order valence-electron chi connectivity index (χ4n) is 5.87. The van der Waals surface area contributed by atoms with Gasteiger partial charge in [-0.15, -0.1) is 11.6 Å². The van der Waals surface area contributed by atoms with E-state index in [-0.39, 0.29) is 17.7 Å². The number of rotatable bonds is 8. The van der Waals surface area contributed by atoms with Crippen molar-refractivity contribution in [2.45, 2.75) is 56.7 Å². The predicted octanol–water partition coefficient (Wildman–Crippen LogP) is 5.94. The topological polar surface area (TPSA) is 67.3 Å². The Morgan fingerprint density at radius 2 is 1.95 bits per heavy atom. The maximum Gasteiger partial charge on any atom is 0.255 e. The molecule has 7 nitrogen and oxygen atoms in total. The highest BCUT2D eigenvalue weighted by atomic mass is 35.5. The highest BCUT2D eigenvalue weighted by molar-refractivity contribution is 6.16. The van der Waals surface area contributed by atoms with E-state index in [2.05, 4.69) is 39.0 Å². The summed E-state index contributed by atoms with van der Waals surface area (Å²) in [6.45, 7) is 13.2. The fourth-order valence-corrected chi connectivity index (χ4v) is 6.03. The van der Waals surface area contributed by atoms with Crippen molar-refractivity contribution in [1.82, 2.24) is 14.8 Å². The van der Waals surface area contributed by atoms with E-state index < -0.39 is 0 Å². The first-order valence-electron chi connectivity index (χ1n) is 13.8. The van der Waals surface area contributed by atoms with Crippen molar-refractivity contribution in [2.24, 2.45) is 10.9 Å². The molecule has 2 fully saturated rings. The van der Waals surface area contributed by atoms with Crippen LogP contribution in [0.1, 0.15) is 60.6 Å². The van der Waals surface area contributed by atoms with E-state index in [4.69, 9.17) is 21.1 Å². The number of likely N-dealkylation sites (tertiary alicyclic amines) is 1. The molecule has 1 aromatic carbocycles. The number of piperidine rings is 1. The summed E-state index contributed by atoms with van der Waals surface area (Å²) in [5.74, 6) is 2.79. The molecular formula is C31H37ClN4O3. The van der Waals surface area contributed by atoms with E-state index in [1.54, 1.807) is 12.4 Å². The van der Waals surface area contributed by atoms with E-state index in [0.717, 1.165) is 86.6 Å². The molecule has 4 heterocycles. The Kier molecular flexibility index (Phi) is 8.38. The average Bonchev–Trinajstić information content (AvgIpc) is 3.62. The van der Waals surface area contributed by atoms with Gasteiger partial charge in [0, 0.05) is 38.0 Å². The van der Waals surface area contributed by atoms with E-state index in [1.165, 1.54) is 0 Å². The lowest BCUT2D eigenvalue weighted by Crippen LogP contribution is -2.39. The first-order valence-corrected chi connectivity index (χ1v) is 14.3. The van der Waals surface area contributed by atoms with Gasteiger partial charge in [-0.05, 0) is 87.0 Å². The largest absolute Gasteiger partial charge is 0.451 e. The molecule has 1 saturated heterocycles. The molecule has 1 aliphatic carbocycles. The Morgan fingerprint density at radius 1 is 1.21 bits per heavy atom. The summed E-state index contributed by atoms with van der Waals surface area (Å²) < 4.78 is 11.5. The van der Waals surface area contributed by atoms with Gasteiger partial charge >= 0.3 is 0 Å². The van der Waals surface area contributed by atoms with Crippen molar-refractivity contribution in [3.63, 3.8) is 0 Å². The first kappa shape index (κ1) is 27.4. The molecule has 2 aromatic rings. The van der Waals surface area contributed by atoms with Crippen LogP contribution in [-0.4, -0.2) is 58.9 Å². The number of aromatic nitrogens is 1. The summed E-state index contributed by atoms with van der Waals surface area (Å²) in [6, 6.07) is 9.64. The summed E-state index contributed by atoms with van der Waals surface area (Å²) in [6.07, 6.45) is 10.3. The van der Waals surface area contributed by atoms with Crippen molar-refractivity contribution in [3.05, 3.63) is 78.8 Å². The number of alkyl halides is 1. The molecule has 4 aliphatic rings. The summed E-state index contributed by atoms with van der Waals surface area (Å²) in [7, 11) is 0. The third-order valence-electron chi connectivity index (χ3n) is 8.10. The number of hydrogen-bond acceptors (Lipinski definition) is 6. The molecule has 1 spiro atoms. The number of halogens is 1. The number of carbonyl (C=O) groups excluding carboxylic acids is 1. The number of pyridine rings is 1. The van der Waals surface area contributed by atoms with Crippen molar-refractivity contribution in [3.8, 4) is 11.5 Å². The van der Waals surface area contributed by atoms with Crippen LogP contribution in [0.3, 0.4) is 0 Å². The van der Waals surface area contributed by atoms with Crippen LogP contribution < -0.4 is 9.47 Å². The standard InChI is InChI=1S/C25H31N3O3.C6H6ClN/c1-4-19(26-5-2)16-27-11-6-18(7-12-27)8-13-28-24(29)20-14-22-23(31-17(3)30-22)15-21(20)25(28)9-10-25;7-5-6-3-1-2-4-8-6/h4-5,14-15,17-18H,1-2,6-13,16H2,3H3;1-4H,5H2. The lowest BCUT2D eigenvalue weighted by atomic mass is 9.93. The molecule has 0 radical (unpaired) electrons. The van der Waals surface area contributed by atoms with Crippen molar-refractivity contribution < 1.29 is 14.3 Å². The SMILES string of the molecule is C=CN=C(C=C)CN1CCC(CCN2C(=O)c3cc4c(cc3C23CC3)OC(C)O4)CC1.ClCc1ccccn1. The van der Waals surface area contributed by atoms with Crippen molar-refractivity contribution in [2.75, 3.05) is 26.2 Å². The van der Waals surface area contributed by atoms with E-state index in [9.17, 15) is 4.79 Å². The Bertz CT molecular complexity index is 1240. The van der Waals surface area contributed by atoms with Gasteiger partial charge in [0.1, 0.15) is 0 Å². The van der Waals surface area contributed by atoms with Crippen molar-refractivity contribution in [1.29, 1.82) is 0 Å². The maximum absolute atomic E-state index is 13.3. The molecule has 1 saturated carbocycles. The predicted molar refractivity (Wildman–Crippen MR) is 155 cm³/mol. The highest BCUT2D eigenvalue weighted by Gasteiger charge is 2.58. The van der Waals surface area contributed by atoms with Gasteiger partial charge in [-0.2, -0.15) is 0 Å². The van der Waals surface area contributed by atoms with Crippen LogP contribution in [0.15, 0.2) is 67.0 Å². The average molecular weight is 549 g/mol. The normalized spacial score (nSPS) is 21.4. The van der Waals surface area contributed by atoms with Gasteiger partial charge < -0.3 is 14.4 Å². The van der Waals surface area contributed by atoms with Crippen molar-refractivity contribution >= 4 is 23.2 Å². The minimum Gasteiger partial charge on any atom is -0.451 e. The van der Waals surface area contributed by atoms with Gasteiger partial charge in [-0.25, -0.2) is 0 Å². The highest BCUT2D eigenvalue weighted by Crippen LogP contribution is 2.58. The van der Waals surface area contributed by atoms with E-state index >= 15 is 0 Å². The molecule has 6 rings (SSSR count). The van der Waals surface area contributed by atoms with Gasteiger partial charge in [0.15, 0.2) is 11.5 Å². The summed E-state index contributed by atoms with van der Waals surface area (Å²) in [5.41, 5.74) is 3.74. The number of ether oxygens (including phenoxy) is 2. The first-order chi connectivity index (χ1) is 19.0. The summed E-state index contributed by atoms with van der Waals surface area (Å²) in [4.78, 5) is 26.1. The zero-order chi connectivity index (χ0) is 27.4. The van der Waals surface area contributed by atoms with E-state index in [0.29, 0.717) is 17.5 Å². The van der Waals surface area contributed by atoms with E-state index in [1.807, 2.05) is 37.3 Å². The minimum absolute atomic E-state index is 0.0999. The van der Waals surface area contributed by atoms with Crippen LogP contribution in [0.5, 0.6) is 11.5 Å². The maximum atomic E-state index is 13.3. The Hall–Kier alpha value is -3.16. The number of carbonyl (C=O) groups is 1. The lowest BCUT2D eigenvalue weighted by Gasteiger charge is -2.33. The lowest BCUT2D eigenvalue weighted by molar-refractivity contribution is 0.0647. The van der Waals surface area contributed by atoms with Crippen LogP contribution in [0.4, 0.5) is 0 Å². The number of benzene rings is 1. The second-order valence-electron chi connectivity index (χ2n) is 10.6. The van der Waals surface area contributed by atoms with Crippen LogP contribution in [0.2, 0.25) is 0 Å². The number of aliphatic imine (C=N–C) groups is 1. The third-order valence-corrected chi connectivity index (χ3v) is 8.37. The van der Waals surface area contributed by atoms with Crippen LogP contribution in [0.25, 0.3) is 0 Å². The Labute approximate surface area is 236 Å². The van der Waals surface area contributed by atoms with Gasteiger partial charge in [0.05, 0.1) is 22.8 Å². The molecule has 1 amide bonds.